The van der Waals surface area contributed by atoms with E-state index in [0.717, 1.165) is 13.0 Å². The minimum Gasteiger partial charge on any atom is -0.324 e. The molecule has 1 aliphatic heterocycles. The van der Waals surface area contributed by atoms with E-state index < -0.39 is 0 Å². The number of rotatable bonds is 1. The molecule has 1 aromatic heterocycles. The van der Waals surface area contributed by atoms with Crippen molar-refractivity contribution in [3.05, 3.63) is 22.8 Å². The molecule has 1 unspecified atom stereocenters. The Kier molecular flexibility index (Phi) is 2.58. The number of nitrogens with zero attached hydrogens (tertiary/aromatic N) is 3. The number of likely N-dealkylation sites (N-methyl/N-ethyl adjacent to an activating group) is 1. The summed E-state index contributed by atoms with van der Waals surface area (Å²) in [5, 5.41) is 0. The third-order valence-electron chi connectivity index (χ3n) is 4.07. The van der Waals surface area contributed by atoms with Gasteiger partial charge in [-0.05, 0) is 52.8 Å². The molecule has 1 aromatic rings. The molecule has 17 heavy (non-hydrogen) atoms. The van der Waals surface area contributed by atoms with Crippen LogP contribution in [-0.4, -0.2) is 34.6 Å². The number of hydrogen-bond donors (Lipinski definition) is 0. The number of imidazole rings is 1. The predicted molar refractivity (Wildman–Crippen MR) is 70.1 cm³/mol. The molecule has 1 atom stereocenters. The third-order valence-corrected chi connectivity index (χ3v) is 4.07. The monoisotopic (exact) mass is 231 g/mol. The Morgan fingerprint density at radius 1 is 1.29 bits per heavy atom. The van der Waals surface area contributed by atoms with Crippen LogP contribution in [0.2, 0.25) is 0 Å². The van der Waals surface area contributed by atoms with Crippen LogP contribution in [0.5, 0.6) is 0 Å². The van der Waals surface area contributed by atoms with Crippen molar-refractivity contribution in [2.75, 3.05) is 20.1 Å². The summed E-state index contributed by atoms with van der Waals surface area (Å²) in [6.07, 6.45) is 5.90. The third kappa shape index (κ3) is 1.82. The standard InChI is InChI=1S/C14H21N3/c1-10-4-5-13-14(8-10)17(11(2)15-13)12-6-7-16(3)9-12/h8,12H,4-7,9H2,1-3H3. The maximum absolute atomic E-state index is 4.76. The lowest BCUT2D eigenvalue weighted by Crippen LogP contribution is -2.18. The van der Waals surface area contributed by atoms with E-state index in [2.05, 4.69) is 36.4 Å². The summed E-state index contributed by atoms with van der Waals surface area (Å²) in [6, 6.07) is 0.624. The molecule has 0 saturated carbocycles. The molecule has 1 saturated heterocycles. The fourth-order valence-electron chi connectivity index (χ4n) is 3.16. The van der Waals surface area contributed by atoms with Gasteiger partial charge in [0, 0.05) is 12.6 Å². The zero-order valence-electron chi connectivity index (χ0n) is 11.0. The van der Waals surface area contributed by atoms with Crippen molar-refractivity contribution in [1.82, 2.24) is 14.5 Å². The minimum atomic E-state index is 0.624. The van der Waals surface area contributed by atoms with Gasteiger partial charge in [0.1, 0.15) is 5.82 Å². The van der Waals surface area contributed by atoms with Crippen LogP contribution in [0.15, 0.2) is 5.57 Å². The molecule has 1 fully saturated rings. The Morgan fingerprint density at radius 3 is 2.82 bits per heavy atom. The summed E-state index contributed by atoms with van der Waals surface area (Å²) in [6.45, 7) is 6.76. The average molecular weight is 231 g/mol. The van der Waals surface area contributed by atoms with Crippen LogP contribution in [0, 0.1) is 6.92 Å². The van der Waals surface area contributed by atoms with Crippen molar-refractivity contribution in [3.63, 3.8) is 0 Å². The van der Waals surface area contributed by atoms with Crippen LogP contribution in [0.4, 0.5) is 0 Å². The van der Waals surface area contributed by atoms with Gasteiger partial charge < -0.3 is 9.47 Å². The molecule has 3 nitrogen and oxygen atoms in total. The topological polar surface area (TPSA) is 21.1 Å². The molecule has 0 aromatic carbocycles. The van der Waals surface area contributed by atoms with E-state index >= 15 is 0 Å². The highest BCUT2D eigenvalue weighted by Gasteiger charge is 2.26. The Morgan fingerprint density at radius 2 is 2.12 bits per heavy atom. The zero-order valence-corrected chi connectivity index (χ0v) is 11.0. The Balaban J connectivity index is 2.03. The van der Waals surface area contributed by atoms with E-state index in [-0.39, 0.29) is 0 Å². The largest absolute Gasteiger partial charge is 0.324 e. The number of aromatic nitrogens is 2. The highest BCUT2D eigenvalue weighted by molar-refractivity contribution is 5.55. The first-order valence-corrected chi connectivity index (χ1v) is 6.58. The van der Waals surface area contributed by atoms with Gasteiger partial charge in [-0.3, -0.25) is 0 Å². The molecule has 92 valence electrons. The molecule has 0 N–H and O–H groups in total. The van der Waals surface area contributed by atoms with Crippen LogP contribution >= 0.6 is 0 Å². The van der Waals surface area contributed by atoms with Gasteiger partial charge in [-0.1, -0.05) is 5.57 Å². The second-order valence-corrected chi connectivity index (χ2v) is 5.56. The molecule has 0 amide bonds. The van der Waals surface area contributed by atoms with Crippen molar-refractivity contribution < 1.29 is 0 Å². The summed E-state index contributed by atoms with van der Waals surface area (Å²) in [5.74, 6) is 1.20. The lowest BCUT2D eigenvalue weighted by molar-refractivity contribution is 0.390. The van der Waals surface area contributed by atoms with Crippen LogP contribution in [0.3, 0.4) is 0 Å². The van der Waals surface area contributed by atoms with Gasteiger partial charge in [-0.15, -0.1) is 0 Å². The molecule has 3 rings (SSSR count). The maximum atomic E-state index is 4.76. The maximum Gasteiger partial charge on any atom is 0.106 e. The summed E-state index contributed by atoms with van der Waals surface area (Å²) in [5.41, 5.74) is 4.18. The fraction of sp³-hybridized carbons (Fsp3) is 0.643. The summed E-state index contributed by atoms with van der Waals surface area (Å²) in [4.78, 5) is 7.17. The lowest BCUT2D eigenvalue weighted by atomic mass is 10.0. The first-order valence-electron chi connectivity index (χ1n) is 6.58. The molecule has 0 spiro atoms. The van der Waals surface area contributed by atoms with E-state index in [1.165, 1.54) is 42.2 Å². The highest BCUT2D eigenvalue weighted by Crippen LogP contribution is 2.30. The quantitative estimate of drug-likeness (QED) is 0.740. The molecule has 0 bridgehead atoms. The van der Waals surface area contributed by atoms with Crippen LogP contribution in [0.25, 0.3) is 6.08 Å². The number of fused-ring (bicyclic) bond motifs is 1. The first kappa shape index (κ1) is 11.0. The van der Waals surface area contributed by atoms with Gasteiger partial charge in [0.2, 0.25) is 0 Å². The highest BCUT2D eigenvalue weighted by atomic mass is 15.2. The average Bonchev–Trinajstić information content (AvgIpc) is 2.81. The molecule has 0 radical (unpaired) electrons. The van der Waals surface area contributed by atoms with Crippen molar-refractivity contribution >= 4 is 6.08 Å². The second-order valence-electron chi connectivity index (χ2n) is 5.56. The predicted octanol–water partition coefficient (Wildman–Crippen LogP) is 2.42. The van der Waals surface area contributed by atoms with Crippen molar-refractivity contribution in [3.8, 4) is 0 Å². The van der Waals surface area contributed by atoms with Gasteiger partial charge in [0.25, 0.3) is 0 Å². The number of allylic oxidation sites excluding steroid dienone is 1. The van der Waals surface area contributed by atoms with E-state index in [9.17, 15) is 0 Å². The fourth-order valence-corrected chi connectivity index (χ4v) is 3.16. The molecule has 2 aliphatic rings. The Hall–Kier alpha value is -1.09. The van der Waals surface area contributed by atoms with Gasteiger partial charge in [0.05, 0.1) is 11.4 Å². The SMILES string of the molecule is CC1=Cc2c(nc(C)n2C2CCN(C)C2)CC1. The molecule has 3 heteroatoms. The Bertz CT molecular complexity index is 470. The van der Waals surface area contributed by atoms with Crippen LogP contribution < -0.4 is 0 Å². The Labute approximate surface area is 103 Å². The second kappa shape index (κ2) is 3.98. The van der Waals surface area contributed by atoms with Gasteiger partial charge in [-0.25, -0.2) is 4.98 Å². The van der Waals surface area contributed by atoms with E-state index in [4.69, 9.17) is 4.98 Å². The van der Waals surface area contributed by atoms with Gasteiger partial charge in [0.15, 0.2) is 0 Å². The molecular weight excluding hydrogens is 210 g/mol. The van der Waals surface area contributed by atoms with Crippen LogP contribution in [-0.2, 0) is 6.42 Å². The van der Waals surface area contributed by atoms with Crippen molar-refractivity contribution in [1.29, 1.82) is 0 Å². The van der Waals surface area contributed by atoms with E-state index in [1.807, 2.05) is 0 Å². The summed E-state index contributed by atoms with van der Waals surface area (Å²) < 4.78 is 2.47. The molecule has 2 heterocycles. The summed E-state index contributed by atoms with van der Waals surface area (Å²) >= 11 is 0. The van der Waals surface area contributed by atoms with E-state index in [1.54, 1.807) is 0 Å². The van der Waals surface area contributed by atoms with Gasteiger partial charge in [-0.2, -0.15) is 0 Å². The minimum absolute atomic E-state index is 0.624. The normalized spacial score (nSPS) is 24.9. The number of aryl methyl sites for hydroxylation is 2. The van der Waals surface area contributed by atoms with E-state index in [0.29, 0.717) is 6.04 Å². The molecular formula is C14H21N3. The summed E-state index contributed by atoms with van der Waals surface area (Å²) in [7, 11) is 2.21. The van der Waals surface area contributed by atoms with Crippen molar-refractivity contribution in [2.24, 2.45) is 0 Å². The zero-order chi connectivity index (χ0) is 12.0. The number of hydrogen-bond acceptors (Lipinski definition) is 2. The smallest absolute Gasteiger partial charge is 0.106 e. The number of likely N-dealkylation sites (tertiary alicyclic amines) is 1. The van der Waals surface area contributed by atoms with Crippen LogP contribution in [0.1, 0.15) is 43.0 Å². The van der Waals surface area contributed by atoms with Crippen molar-refractivity contribution in [2.45, 2.75) is 39.2 Å². The first-order chi connectivity index (χ1) is 8.15. The molecule has 1 aliphatic carbocycles. The van der Waals surface area contributed by atoms with Gasteiger partial charge >= 0.3 is 0 Å². The lowest BCUT2D eigenvalue weighted by Gasteiger charge is -2.19.